The first kappa shape index (κ1) is 34.3. The summed E-state index contributed by atoms with van der Waals surface area (Å²) in [5.74, 6) is 1.26. The number of anilines is 1. The van der Waals surface area contributed by atoms with Crippen LogP contribution in [0.2, 0.25) is 10.0 Å². The molecule has 0 spiro atoms. The first-order valence-electron chi connectivity index (χ1n) is 15.5. The van der Waals surface area contributed by atoms with E-state index < -0.39 is 12.1 Å². The summed E-state index contributed by atoms with van der Waals surface area (Å²) in [7, 11) is 0. The number of piperazine rings is 1. The van der Waals surface area contributed by atoms with Gasteiger partial charge in [-0.15, -0.1) is 0 Å². The highest BCUT2D eigenvalue weighted by molar-refractivity contribution is 6.35. The van der Waals surface area contributed by atoms with Crippen LogP contribution >= 0.6 is 23.2 Å². The Bertz CT molecular complexity index is 1540. The van der Waals surface area contributed by atoms with Crippen molar-refractivity contribution in [2.75, 3.05) is 57.3 Å². The van der Waals surface area contributed by atoms with Crippen molar-refractivity contribution in [3.63, 3.8) is 0 Å². The number of hydrogen-bond acceptors (Lipinski definition) is 11. The van der Waals surface area contributed by atoms with Crippen molar-refractivity contribution in [1.29, 1.82) is 0 Å². The number of benzene rings is 1. The van der Waals surface area contributed by atoms with Gasteiger partial charge in [0.2, 0.25) is 17.7 Å². The summed E-state index contributed by atoms with van der Waals surface area (Å²) in [6, 6.07) is 9.27. The molecule has 5 rings (SSSR count). The van der Waals surface area contributed by atoms with Crippen LogP contribution in [-0.2, 0) is 20.9 Å². The molecule has 2 aliphatic heterocycles. The number of likely N-dealkylation sites (tertiary alicyclic amines) is 1. The molecule has 3 N–H and O–H groups in total. The molecule has 2 aromatic heterocycles. The Morgan fingerprint density at radius 1 is 0.936 bits per heavy atom. The minimum atomic E-state index is -1.09. The number of nitrogens with one attached hydrogen (secondary N) is 1. The molecule has 4 heterocycles. The van der Waals surface area contributed by atoms with Gasteiger partial charge in [-0.1, -0.05) is 23.2 Å². The van der Waals surface area contributed by atoms with Gasteiger partial charge in [0.05, 0.1) is 24.5 Å². The predicted octanol–water partition coefficient (Wildman–Crippen LogP) is 4.12. The molecule has 1 aromatic carbocycles. The number of hydrogen-bond donors (Lipinski definition) is 2. The van der Waals surface area contributed by atoms with E-state index in [0.717, 1.165) is 37.1 Å². The molecular formula is C32H38Cl2N8O5. The second-order valence-electron chi connectivity index (χ2n) is 11.7. The number of amides is 2. The number of pyridine rings is 1. The van der Waals surface area contributed by atoms with Gasteiger partial charge in [-0.05, 0) is 61.7 Å². The van der Waals surface area contributed by atoms with Crippen LogP contribution in [0.25, 0.3) is 11.3 Å². The van der Waals surface area contributed by atoms with E-state index in [-0.39, 0.29) is 12.3 Å². The Balaban J connectivity index is 1.23. The number of nitrogens with zero attached hydrogens (tertiary/aromatic N) is 6. The van der Waals surface area contributed by atoms with Crippen molar-refractivity contribution in [3.05, 3.63) is 58.3 Å². The summed E-state index contributed by atoms with van der Waals surface area (Å²) in [6.07, 6.45) is 4.26. The van der Waals surface area contributed by atoms with Gasteiger partial charge >= 0.3 is 12.1 Å². The van der Waals surface area contributed by atoms with Crippen LogP contribution in [0.1, 0.15) is 31.7 Å². The molecule has 2 fully saturated rings. The molecule has 0 bridgehead atoms. The molecule has 13 nitrogen and oxygen atoms in total. The van der Waals surface area contributed by atoms with Gasteiger partial charge in [0, 0.05) is 74.4 Å². The Hall–Kier alpha value is -4.04. The SMILES string of the molecule is CC(=O)NCC1CCN(Cc2cc(Oc3cnc(N4CCN(CCC(=O)OC(N)=O)CC4)nc3)nc(-c3cc(Cl)cc(Cl)c3)c2)CC1. The summed E-state index contributed by atoms with van der Waals surface area (Å²) in [6.45, 7) is 8.03. The number of piperidine rings is 1. The lowest BCUT2D eigenvalue weighted by molar-refractivity contribution is -0.137. The van der Waals surface area contributed by atoms with Crippen molar-refractivity contribution >= 4 is 47.1 Å². The van der Waals surface area contributed by atoms with Gasteiger partial charge in [0.15, 0.2) is 5.75 Å². The number of carbonyl (C=O) groups is 3. The second kappa shape index (κ2) is 16.2. The molecule has 3 aromatic rings. The highest BCUT2D eigenvalue weighted by Crippen LogP contribution is 2.31. The lowest BCUT2D eigenvalue weighted by atomic mass is 9.96. The summed E-state index contributed by atoms with van der Waals surface area (Å²) in [4.78, 5) is 54.0. The molecule has 2 aliphatic rings. The standard InChI is InChI=1S/C32H38Cl2N8O5/c1-21(43)36-17-22-2-5-41(6-3-22)20-23-12-28(24-14-25(33)16-26(34)15-24)39-29(13-23)46-27-18-37-32(38-19-27)42-10-8-40(9-11-42)7-4-30(44)47-31(35)45/h12-16,18-19,22H,2-11,17,20H2,1H3,(H2,35,45)(H,36,43). The summed E-state index contributed by atoms with van der Waals surface area (Å²) < 4.78 is 10.6. The normalized spacial score (nSPS) is 16.1. The average molecular weight is 686 g/mol. The number of primary amides is 1. The topological polar surface area (TPSA) is 156 Å². The first-order chi connectivity index (χ1) is 22.6. The molecule has 0 radical (unpaired) electrons. The van der Waals surface area contributed by atoms with E-state index in [1.54, 1.807) is 25.4 Å². The maximum absolute atomic E-state index is 11.6. The van der Waals surface area contributed by atoms with Gasteiger partial charge in [-0.2, -0.15) is 0 Å². The molecule has 2 saturated heterocycles. The van der Waals surface area contributed by atoms with Gasteiger partial charge < -0.3 is 25.4 Å². The van der Waals surface area contributed by atoms with Crippen LogP contribution < -0.4 is 20.7 Å². The molecule has 250 valence electrons. The third kappa shape index (κ3) is 10.5. The number of carbonyl (C=O) groups excluding carboxylic acids is 3. The molecule has 2 amide bonds. The lowest BCUT2D eigenvalue weighted by Gasteiger charge is -2.34. The first-order valence-corrected chi connectivity index (χ1v) is 16.3. The highest BCUT2D eigenvalue weighted by atomic mass is 35.5. The number of ether oxygens (including phenoxy) is 2. The minimum absolute atomic E-state index is 0.00525. The van der Waals surface area contributed by atoms with E-state index in [1.807, 2.05) is 24.3 Å². The van der Waals surface area contributed by atoms with Crippen molar-refractivity contribution in [3.8, 4) is 22.9 Å². The maximum atomic E-state index is 11.6. The van der Waals surface area contributed by atoms with Gasteiger partial charge in [0.25, 0.3) is 0 Å². The predicted molar refractivity (Wildman–Crippen MR) is 177 cm³/mol. The fraction of sp³-hybridized carbons (Fsp3) is 0.438. The molecule has 47 heavy (non-hydrogen) atoms. The second-order valence-corrected chi connectivity index (χ2v) is 12.6. The van der Waals surface area contributed by atoms with Crippen LogP contribution in [0.4, 0.5) is 10.7 Å². The van der Waals surface area contributed by atoms with E-state index in [1.165, 1.54) is 0 Å². The molecular weight excluding hydrogens is 647 g/mol. The van der Waals surface area contributed by atoms with Crippen molar-refractivity contribution < 1.29 is 23.9 Å². The van der Waals surface area contributed by atoms with E-state index in [9.17, 15) is 14.4 Å². The van der Waals surface area contributed by atoms with E-state index in [2.05, 4.69) is 34.7 Å². The van der Waals surface area contributed by atoms with E-state index in [0.29, 0.717) is 85.0 Å². The monoisotopic (exact) mass is 684 g/mol. The molecule has 0 aliphatic carbocycles. The number of aromatic nitrogens is 3. The largest absolute Gasteiger partial charge is 0.436 e. The van der Waals surface area contributed by atoms with Gasteiger partial charge in [0.1, 0.15) is 0 Å². The van der Waals surface area contributed by atoms with Crippen LogP contribution in [0, 0.1) is 5.92 Å². The van der Waals surface area contributed by atoms with Crippen molar-refractivity contribution in [2.45, 2.75) is 32.7 Å². The number of rotatable bonds is 11. The van der Waals surface area contributed by atoms with Crippen LogP contribution in [0.3, 0.4) is 0 Å². The van der Waals surface area contributed by atoms with E-state index in [4.69, 9.17) is 38.7 Å². The van der Waals surface area contributed by atoms with Gasteiger partial charge in [-0.3, -0.25) is 19.4 Å². The van der Waals surface area contributed by atoms with Crippen molar-refractivity contribution in [2.24, 2.45) is 11.7 Å². The Kier molecular flexibility index (Phi) is 11.8. The maximum Gasteiger partial charge on any atom is 0.412 e. The quantitative estimate of drug-likeness (QED) is 0.221. The smallest absolute Gasteiger partial charge is 0.412 e. The number of esters is 1. The van der Waals surface area contributed by atoms with Crippen LogP contribution in [-0.4, -0.2) is 95.1 Å². The third-order valence-electron chi connectivity index (χ3n) is 8.11. The zero-order chi connectivity index (χ0) is 33.3. The summed E-state index contributed by atoms with van der Waals surface area (Å²) in [5, 5.41) is 3.96. The minimum Gasteiger partial charge on any atom is -0.436 e. The number of nitrogens with two attached hydrogens (primary N) is 1. The fourth-order valence-electron chi connectivity index (χ4n) is 5.68. The van der Waals surface area contributed by atoms with E-state index >= 15 is 0 Å². The van der Waals surface area contributed by atoms with Crippen LogP contribution in [0.15, 0.2) is 42.7 Å². The summed E-state index contributed by atoms with van der Waals surface area (Å²) in [5.41, 5.74) is 7.38. The highest BCUT2D eigenvalue weighted by Gasteiger charge is 2.22. The molecule has 0 atom stereocenters. The fourth-order valence-corrected chi connectivity index (χ4v) is 6.20. The Morgan fingerprint density at radius 2 is 1.62 bits per heavy atom. The third-order valence-corrected chi connectivity index (χ3v) is 8.55. The van der Waals surface area contributed by atoms with Crippen molar-refractivity contribution in [1.82, 2.24) is 30.1 Å². The average Bonchev–Trinajstić information content (AvgIpc) is 3.03. The van der Waals surface area contributed by atoms with Crippen LogP contribution in [0.5, 0.6) is 11.6 Å². The lowest BCUT2D eigenvalue weighted by Crippen LogP contribution is -2.47. The Labute approximate surface area is 283 Å². The number of halogens is 2. The summed E-state index contributed by atoms with van der Waals surface area (Å²) >= 11 is 12.6. The molecule has 0 saturated carbocycles. The Morgan fingerprint density at radius 3 is 2.26 bits per heavy atom. The molecule has 15 heteroatoms. The zero-order valence-corrected chi connectivity index (χ0v) is 27.7. The zero-order valence-electron chi connectivity index (χ0n) is 26.2. The van der Waals surface area contributed by atoms with Gasteiger partial charge in [-0.25, -0.2) is 19.7 Å². The molecule has 0 unspecified atom stereocenters.